The minimum absolute atomic E-state index is 0.105. The Morgan fingerprint density at radius 3 is 2.56 bits per heavy atom. The molecule has 1 aromatic heterocycles. The van der Waals surface area contributed by atoms with Crippen LogP contribution in [0.4, 0.5) is 5.69 Å². The number of non-ortho nitro benzene ring substituents is 1. The van der Waals surface area contributed by atoms with Gasteiger partial charge in [-0.1, -0.05) is 6.92 Å². The van der Waals surface area contributed by atoms with Crippen molar-refractivity contribution in [3.8, 4) is 0 Å². The quantitative estimate of drug-likeness (QED) is 0.458. The van der Waals surface area contributed by atoms with Gasteiger partial charge < -0.3 is 4.42 Å². The SMILES string of the molecule is CCc1ccc(/C=C2\SC(=NS(=O)(=O)c3ccc([N+](=O)[O-])cc3)NC2=O)o1. The third kappa shape index (κ3) is 4.26. The average molecular weight is 407 g/mol. The molecule has 1 aliphatic heterocycles. The maximum absolute atomic E-state index is 12.3. The molecule has 1 amide bonds. The van der Waals surface area contributed by atoms with E-state index in [1.807, 2.05) is 6.92 Å². The summed E-state index contributed by atoms with van der Waals surface area (Å²) in [4.78, 5) is 22.1. The van der Waals surface area contributed by atoms with Crippen LogP contribution in [0.3, 0.4) is 0 Å². The fraction of sp³-hybridized carbons (Fsp3) is 0.125. The second-order valence-electron chi connectivity index (χ2n) is 5.34. The lowest BCUT2D eigenvalue weighted by molar-refractivity contribution is -0.384. The van der Waals surface area contributed by atoms with Gasteiger partial charge in [0.05, 0.1) is 14.7 Å². The minimum atomic E-state index is -4.13. The number of nitro groups is 1. The molecule has 1 aromatic carbocycles. The maximum atomic E-state index is 12.3. The zero-order chi connectivity index (χ0) is 19.6. The monoisotopic (exact) mass is 407 g/mol. The Hall–Kier alpha value is -2.92. The third-order valence-electron chi connectivity index (χ3n) is 3.50. The highest BCUT2D eigenvalue weighted by Crippen LogP contribution is 2.28. The summed E-state index contributed by atoms with van der Waals surface area (Å²) < 4.78 is 33.7. The van der Waals surface area contributed by atoms with Crippen LogP contribution in [-0.4, -0.2) is 24.4 Å². The molecule has 2 aromatic rings. The first-order valence-corrected chi connectivity index (χ1v) is 9.93. The van der Waals surface area contributed by atoms with E-state index in [2.05, 4.69) is 9.71 Å². The van der Waals surface area contributed by atoms with Crippen LogP contribution in [0.5, 0.6) is 0 Å². The Bertz CT molecular complexity index is 1070. The number of carbonyl (C=O) groups is 1. The molecule has 11 heteroatoms. The molecule has 0 unspecified atom stereocenters. The number of amidine groups is 1. The lowest BCUT2D eigenvalue weighted by Gasteiger charge is -1.99. The molecule has 0 bridgehead atoms. The number of hydrogen-bond donors (Lipinski definition) is 1. The molecule has 0 spiro atoms. The van der Waals surface area contributed by atoms with Crippen molar-refractivity contribution in [1.82, 2.24) is 5.32 Å². The van der Waals surface area contributed by atoms with Gasteiger partial charge in [0.15, 0.2) is 5.17 Å². The molecule has 9 nitrogen and oxygen atoms in total. The molecule has 1 fully saturated rings. The van der Waals surface area contributed by atoms with E-state index in [9.17, 15) is 23.3 Å². The first-order chi connectivity index (χ1) is 12.8. The highest BCUT2D eigenvalue weighted by atomic mass is 32.2. The molecule has 0 radical (unpaired) electrons. The number of hydrogen-bond acceptors (Lipinski definition) is 7. The Morgan fingerprint density at radius 2 is 1.96 bits per heavy atom. The number of nitrogens with one attached hydrogen (secondary N) is 1. The number of carbonyl (C=O) groups excluding carboxylic acids is 1. The third-order valence-corrected chi connectivity index (χ3v) is 5.82. The minimum Gasteiger partial charge on any atom is -0.462 e. The number of nitro benzene ring substituents is 1. The maximum Gasteiger partial charge on any atom is 0.284 e. The molecule has 140 valence electrons. The van der Waals surface area contributed by atoms with Gasteiger partial charge in [0, 0.05) is 24.6 Å². The van der Waals surface area contributed by atoms with Crippen molar-refractivity contribution in [2.75, 3.05) is 0 Å². The summed E-state index contributed by atoms with van der Waals surface area (Å²) in [5, 5.41) is 12.9. The second kappa shape index (κ2) is 7.37. The van der Waals surface area contributed by atoms with E-state index < -0.39 is 20.9 Å². The standard InChI is InChI=1S/C16H13N3O6S2/c1-2-11-5-6-12(25-11)9-14-15(20)17-16(26-14)18-27(23,24)13-7-3-10(4-8-13)19(21)22/h3-9H,2H2,1H3,(H,17,18,20)/b14-9-. The number of furan rings is 1. The van der Waals surface area contributed by atoms with Crippen LogP contribution in [0.15, 0.2) is 55.0 Å². The van der Waals surface area contributed by atoms with E-state index in [1.165, 1.54) is 6.08 Å². The highest BCUT2D eigenvalue weighted by Gasteiger charge is 2.27. The van der Waals surface area contributed by atoms with Crippen molar-refractivity contribution in [3.05, 3.63) is 62.9 Å². The van der Waals surface area contributed by atoms with Crippen LogP contribution >= 0.6 is 11.8 Å². The Kier molecular flexibility index (Phi) is 5.15. The Balaban J connectivity index is 1.82. The van der Waals surface area contributed by atoms with E-state index in [0.29, 0.717) is 12.2 Å². The lowest BCUT2D eigenvalue weighted by atomic mass is 10.3. The van der Waals surface area contributed by atoms with Crippen LogP contribution in [0.2, 0.25) is 0 Å². The van der Waals surface area contributed by atoms with Gasteiger partial charge >= 0.3 is 0 Å². The van der Waals surface area contributed by atoms with Crippen molar-refractivity contribution < 1.29 is 22.6 Å². The second-order valence-corrected chi connectivity index (χ2v) is 7.98. The van der Waals surface area contributed by atoms with Gasteiger partial charge in [0.2, 0.25) is 0 Å². The summed E-state index contributed by atoms with van der Waals surface area (Å²) in [5.41, 5.74) is -0.236. The smallest absolute Gasteiger partial charge is 0.284 e. The van der Waals surface area contributed by atoms with Crippen molar-refractivity contribution in [2.24, 2.45) is 4.40 Å². The van der Waals surface area contributed by atoms with E-state index in [4.69, 9.17) is 4.42 Å². The van der Waals surface area contributed by atoms with Crippen LogP contribution in [0.1, 0.15) is 18.4 Å². The zero-order valence-electron chi connectivity index (χ0n) is 13.9. The molecule has 0 saturated carbocycles. The highest BCUT2D eigenvalue weighted by molar-refractivity contribution is 8.19. The largest absolute Gasteiger partial charge is 0.462 e. The molecule has 27 heavy (non-hydrogen) atoms. The van der Waals surface area contributed by atoms with E-state index >= 15 is 0 Å². The number of rotatable bonds is 5. The van der Waals surface area contributed by atoms with E-state index in [0.717, 1.165) is 41.8 Å². The van der Waals surface area contributed by atoms with Gasteiger partial charge in [-0.2, -0.15) is 8.42 Å². The van der Waals surface area contributed by atoms with Crippen molar-refractivity contribution in [3.63, 3.8) is 0 Å². The summed E-state index contributed by atoms with van der Waals surface area (Å²) in [6, 6.07) is 7.82. The number of amides is 1. The summed E-state index contributed by atoms with van der Waals surface area (Å²) in [6.45, 7) is 1.93. The topological polar surface area (TPSA) is 132 Å². The van der Waals surface area contributed by atoms with E-state index in [1.54, 1.807) is 12.1 Å². The Labute approximate surface area is 158 Å². The molecular weight excluding hydrogens is 394 g/mol. The summed E-state index contributed by atoms with van der Waals surface area (Å²) in [6.07, 6.45) is 2.21. The van der Waals surface area contributed by atoms with Crippen LogP contribution < -0.4 is 5.32 Å². The van der Waals surface area contributed by atoms with Crippen LogP contribution in [0.25, 0.3) is 6.08 Å². The number of benzene rings is 1. The zero-order valence-corrected chi connectivity index (χ0v) is 15.5. The molecule has 1 saturated heterocycles. The number of aryl methyl sites for hydroxylation is 1. The fourth-order valence-corrected chi connectivity index (χ4v) is 4.13. The summed E-state index contributed by atoms with van der Waals surface area (Å²) in [7, 11) is -4.13. The number of sulfonamides is 1. The van der Waals surface area contributed by atoms with E-state index in [-0.39, 0.29) is 20.7 Å². The van der Waals surface area contributed by atoms with Gasteiger partial charge in [-0.3, -0.25) is 20.2 Å². The molecule has 3 rings (SSSR count). The average Bonchev–Trinajstić information content (AvgIpc) is 3.21. The molecule has 0 aliphatic carbocycles. The first kappa shape index (κ1) is 18.9. The van der Waals surface area contributed by atoms with Gasteiger partial charge in [0.1, 0.15) is 11.5 Å². The lowest BCUT2D eigenvalue weighted by Crippen LogP contribution is -2.20. The van der Waals surface area contributed by atoms with Crippen molar-refractivity contribution in [1.29, 1.82) is 0 Å². The van der Waals surface area contributed by atoms with Crippen LogP contribution in [0, 0.1) is 10.1 Å². The van der Waals surface area contributed by atoms with Crippen molar-refractivity contribution in [2.45, 2.75) is 18.2 Å². The van der Waals surface area contributed by atoms with Crippen molar-refractivity contribution >= 4 is 44.6 Å². The normalized spacial score (nSPS) is 17.4. The van der Waals surface area contributed by atoms with Gasteiger partial charge in [-0.15, -0.1) is 4.40 Å². The molecular formula is C16H13N3O6S2. The van der Waals surface area contributed by atoms with Gasteiger partial charge in [-0.25, -0.2) is 0 Å². The van der Waals surface area contributed by atoms with Crippen LogP contribution in [-0.2, 0) is 21.2 Å². The Morgan fingerprint density at radius 1 is 1.26 bits per heavy atom. The molecule has 1 aliphatic rings. The van der Waals surface area contributed by atoms with Gasteiger partial charge in [-0.05, 0) is 36.0 Å². The molecule has 1 N–H and O–H groups in total. The number of nitrogens with zero attached hydrogens (tertiary/aromatic N) is 2. The fourth-order valence-electron chi connectivity index (χ4n) is 2.16. The molecule has 0 atom stereocenters. The predicted molar refractivity (Wildman–Crippen MR) is 99.5 cm³/mol. The molecule has 2 heterocycles. The first-order valence-electron chi connectivity index (χ1n) is 7.67. The van der Waals surface area contributed by atoms with Gasteiger partial charge in [0.25, 0.3) is 21.6 Å². The predicted octanol–water partition coefficient (Wildman–Crippen LogP) is 2.70. The summed E-state index contributed by atoms with van der Waals surface area (Å²) in [5.74, 6) is 0.746. The number of thioether (sulfide) groups is 1. The summed E-state index contributed by atoms with van der Waals surface area (Å²) >= 11 is 0.863.